The summed E-state index contributed by atoms with van der Waals surface area (Å²) in [4.78, 5) is 35.9. The molecule has 0 aliphatic heterocycles. The van der Waals surface area contributed by atoms with E-state index in [0.29, 0.717) is 17.0 Å². The van der Waals surface area contributed by atoms with Crippen molar-refractivity contribution in [1.29, 1.82) is 0 Å². The summed E-state index contributed by atoms with van der Waals surface area (Å²) in [7, 11) is 0. The van der Waals surface area contributed by atoms with Gasteiger partial charge < -0.3 is 20.1 Å². The van der Waals surface area contributed by atoms with Gasteiger partial charge in [-0.05, 0) is 42.0 Å². The zero-order valence-electron chi connectivity index (χ0n) is 17.2. The summed E-state index contributed by atoms with van der Waals surface area (Å²) < 4.78 is 10.2. The number of hydrogen-bond acceptors (Lipinski definition) is 5. The Morgan fingerprint density at radius 2 is 1.71 bits per heavy atom. The first kappa shape index (κ1) is 21.8. The van der Waals surface area contributed by atoms with Crippen LogP contribution in [0.1, 0.15) is 23.7 Å². The second kappa shape index (κ2) is 10.8. The van der Waals surface area contributed by atoms with Crippen molar-refractivity contribution in [2.75, 3.05) is 25.1 Å². The Labute approximate surface area is 180 Å². The van der Waals surface area contributed by atoms with Gasteiger partial charge in [0.05, 0.1) is 6.61 Å². The first-order valence-electron chi connectivity index (χ1n) is 10.0. The van der Waals surface area contributed by atoms with Crippen molar-refractivity contribution >= 4 is 34.2 Å². The highest BCUT2D eigenvalue weighted by Crippen LogP contribution is 2.18. The number of amides is 2. The average molecular weight is 420 g/mol. The lowest BCUT2D eigenvalue weighted by atomic mass is 10.1. The highest BCUT2D eigenvalue weighted by molar-refractivity contribution is 5.99. The fourth-order valence-electron chi connectivity index (χ4n) is 2.95. The molecule has 3 rings (SSSR count). The van der Waals surface area contributed by atoms with E-state index in [4.69, 9.17) is 9.47 Å². The van der Waals surface area contributed by atoms with Crippen molar-refractivity contribution in [3.63, 3.8) is 0 Å². The Morgan fingerprint density at radius 3 is 2.52 bits per heavy atom. The summed E-state index contributed by atoms with van der Waals surface area (Å²) in [5.74, 6) is -0.496. The lowest BCUT2D eigenvalue weighted by Gasteiger charge is -2.10. The van der Waals surface area contributed by atoms with Crippen LogP contribution in [0.5, 0.6) is 5.75 Å². The van der Waals surface area contributed by atoms with Gasteiger partial charge in [-0.2, -0.15) is 0 Å². The fourth-order valence-corrected chi connectivity index (χ4v) is 2.95. The predicted molar refractivity (Wildman–Crippen MR) is 118 cm³/mol. The van der Waals surface area contributed by atoms with Crippen LogP contribution in [0.25, 0.3) is 10.8 Å². The molecule has 31 heavy (non-hydrogen) atoms. The number of esters is 1. The molecule has 0 fully saturated rings. The highest BCUT2D eigenvalue weighted by atomic mass is 16.6. The van der Waals surface area contributed by atoms with Crippen molar-refractivity contribution in [2.24, 2.45) is 0 Å². The second-order valence-electron chi connectivity index (χ2n) is 6.74. The summed E-state index contributed by atoms with van der Waals surface area (Å²) in [6, 6.07) is 20.0. The van der Waals surface area contributed by atoms with Crippen LogP contribution in [-0.4, -0.2) is 37.5 Å². The van der Waals surface area contributed by atoms with Gasteiger partial charge in [-0.1, -0.05) is 36.4 Å². The Kier molecular flexibility index (Phi) is 7.59. The van der Waals surface area contributed by atoms with Gasteiger partial charge in [0.2, 0.25) is 5.91 Å². The van der Waals surface area contributed by atoms with Gasteiger partial charge in [0.15, 0.2) is 6.61 Å². The molecule has 0 spiro atoms. The van der Waals surface area contributed by atoms with Crippen LogP contribution in [0.4, 0.5) is 5.69 Å². The number of anilines is 1. The summed E-state index contributed by atoms with van der Waals surface area (Å²) in [6.45, 7) is 2.01. The second-order valence-corrected chi connectivity index (χ2v) is 6.74. The molecular formula is C24H24N2O5. The molecule has 0 radical (unpaired) electrons. The number of fused-ring (bicyclic) bond motifs is 1. The quantitative estimate of drug-likeness (QED) is 0.517. The maximum atomic E-state index is 12.3. The number of nitrogens with one attached hydrogen (secondary N) is 2. The minimum absolute atomic E-state index is 0.118. The Hall–Kier alpha value is -3.87. The summed E-state index contributed by atoms with van der Waals surface area (Å²) in [5.41, 5.74) is 1.08. The molecule has 0 aliphatic rings. The van der Waals surface area contributed by atoms with Gasteiger partial charge in [-0.25, -0.2) is 4.79 Å². The summed E-state index contributed by atoms with van der Waals surface area (Å²) >= 11 is 0. The van der Waals surface area contributed by atoms with Gasteiger partial charge in [-0.3, -0.25) is 9.59 Å². The smallest absolute Gasteiger partial charge is 0.344 e. The molecule has 0 aromatic heterocycles. The van der Waals surface area contributed by atoms with E-state index in [2.05, 4.69) is 10.6 Å². The molecule has 0 saturated carbocycles. The van der Waals surface area contributed by atoms with Crippen LogP contribution in [0.2, 0.25) is 0 Å². The monoisotopic (exact) mass is 420 g/mol. The maximum Gasteiger partial charge on any atom is 0.344 e. The van der Waals surface area contributed by atoms with E-state index >= 15 is 0 Å². The molecule has 0 atom stereocenters. The first-order chi connectivity index (χ1) is 15.0. The van der Waals surface area contributed by atoms with Gasteiger partial charge in [0.1, 0.15) is 5.75 Å². The average Bonchev–Trinajstić information content (AvgIpc) is 2.77. The third-order valence-corrected chi connectivity index (χ3v) is 4.43. The lowest BCUT2D eigenvalue weighted by Crippen LogP contribution is -2.27. The largest absolute Gasteiger partial charge is 0.482 e. The van der Waals surface area contributed by atoms with E-state index in [0.717, 1.165) is 10.8 Å². The number of carbonyl (C=O) groups excluding carboxylic acids is 3. The molecule has 7 nitrogen and oxygen atoms in total. The zero-order chi connectivity index (χ0) is 22.1. The molecule has 0 heterocycles. The fraction of sp³-hybridized carbons (Fsp3) is 0.208. The molecule has 2 N–H and O–H groups in total. The number of ether oxygens (including phenoxy) is 2. The van der Waals surface area contributed by atoms with E-state index in [1.807, 2.05) is 36.4 Å². The SMILES string of the molecule is CCOC(=O)COc1cccc(NC(=O)CCNC(=O)c2ccc3ccccc3c2)c1. The minimum Gasteiger partial charge on any atom is -0.482 e. The predicted octanol–water partition coefficient (Wildman–Crippen LogP) is 3.54. The van der Waals surface area contributed by atoms with Crippen molar-refractivity contribution in [2.45, 2.75) is 13.3 Å². The molecule has 0 bridgehead atoms. The normalized spacial score (nSPS) is 10.4. The van der Waals surface area contributed by atoms with Gasteiger partial charge >= 0.3 is 5.97 Å². The Bertz CT molecular complexity index is 1080. The molecule has 7 heteroatoms. The van der Waals surface area contributed by atoms with Crippen LogP contribution in [0.15, 0.2) is 66.7 Å². The number of rotatable bonds is 9. The standard InChI is InChI=1S/C24H24N2O5/c1-2-30-23(28)16-31-21-9-5-8-20(15-21)26-22(27)12-13-25-24(29)19-11-10-17-6-3-4-7-18(17)14-19/h3-11,14-15H,2,12-13,16H2,1H3,(H,25,29)(H,26,27). The van der Waals surface area contributed by atoms with E-state index < -0.39 is 5.97 Å². The van der Waals surface area contributed by atoms with Crippen molar-refractivity contribution in [3.05, 3.63) is 72.3 Å². The number of hydrogen-bond donors (Lipinski definition) is 2. The van der Waals surface area contributed by atoms with Crippen LogP contribution in [0.3, 0.4) is 0 Å². The van der Waals surface area contributed by atoms with Crippen molar-refractivity contribution in [3.8, 4) is 5.75 Å². The molecule has 0 unspecified atom stereocenters. The van der Waals surface area contributed by atoms with E-state index in [1.54, 1.807) is 37.3 Å². The first-order valence-corrected chi connectivity index (χ1v) is 10.0. The Balaban J connectivity index is 1.46. The zero-order valence-corrected chi connectivity index (χ0v) is 17.2. The lowest BCUT2D eigenvalue weighted by molar-refractivity contribution is -0.145. The van der Waals surface area contributed by atoms with Crippen LogP contribution < -0.4 is 15.4 Å². The highest BCUT2D eigenvalue weighted by Gasteiger charge is 2.09. The van der Waals surface area contributed by atoms with Crippen LogP contribution in [-0.2, 0) is 14.3 Å². The van der Waals surface area contributed by atoms with E-state index in [-0.39, 0.29) is 38.0 Å². The summed E-state index contributed by atoms with van der Waals surface area (Å²) in [6.07, 6.45) is 0.118. The van der Waals surface area contributed by atoms with Crippen molar-refractivity contribution < 1.29 is 23.9 Å². The molecular weight excluding hydrogens is 396 g/mol. The molecule has 2 amide bonds. The molecule has 0 saturated heterocycles. The van der Waals surface area contributed by atoms with E-state index in [1.165, 1.54) is 0 Å². The molecule has 0 aliphatic carbocycles. The van der Waals surface area contributed by atoms with Gasteiger partial charge in [-0.15, -0.1) is 0 Å². The van der Waals surface area contributed by atoms with Crippen LogP contribution >= 0.6 is 0 Å². The van der Waals surface area contributed by atoms with Gasteiger partial charge in [0, 0.05) is 30.3 Å². The Morgan fingerprint density at radius 1 is 0.903 bits per heavy atom. The van der Waals surface area contributed by atoms with Crippen molar-refractivity contribution in [1.82, 2.24) is 5.32 Å². The van der Waals surface area contributed by atoms with Crippen LogP contribution in [0, 0.1) is 0 Å². The minimum atomic E-state index is -0.459. The number of carbonyl (C=O) groups is 3. The third kappa shape index (κ3) is 6.57. The summed E-state index contributed by atoms with van der Waals surface area (Å²) in [5, 5.41) is 7.55. The third-order valence-electron chi connectivity index (χ3n) is 4.43. The number of benzene rings is 3. The maximum absolute atomic E-state index is 12.3. The topological polar surface area (TPSA) is 93.7 Å². The molecule has 3 aromatic carbocycles. The molecule has 3 aromatic rings. The molecule has 160 valence electrons. The van der Waals surface area contributed by atoms with Gasteiger partial charge in [0.25, 0.3) is 5.91 Å². The van der Waals surface area contributed by atoms with E-state index in [9.17, 15) is 14.4 Å².